The van der Waals surface area contributed by atoms with E-state index in [2.05, 4.69) is 18.7 Å². The van der Waals surface area contributed by atoms with Crippen molar-refractivity contribution in [2.75, 3.05) is 40.1 Å². The number of carbonyl (C=O) groups excluding carboxylic acids is 2. The third kappa shape index (κ3) is 8.63. The molecule has 0 bridgehead atoms. The summed E-state index contributed by atoms with van der Waals surface area (Å²) in [5.41, 5.74) is 2.29. The zero-order chi connectivity index (χ0) is 34.0. The third-order valence-electron chi connectivity index (χ3n) is 8.87. The lowest BCUT2D eigenvalue weighted by Gasteiger charge is -2.30. The first kappa shape index (κ1) is 35.1. The Morgan fingerprint density at radius 3 is 2.29 bits per heavy atom. The molecule has 2 N–H and O–H groups in total. The summed E-state index contributed by atoms with van der Waals surface area (Å²) in [4.78, 5) is 37.2. The molecule has 0 aromatic heterocycles. The first-order valence-corrected chi connectivity index (χ1v) is 16.5. The fourth-order valence-electron chi connectivity index (χ4n) is 6.41. The van der Waals surface area contributed by atoms with Crippen LogP contribution in [-0.2, 0) is 21.0 Å². The van der Waals surface area contributed by atoms with Gasteiger partial charge >= 0.3 is 5.97 Å². The molecule has 3 aromatic rings. The van der Waals surface area contributed by atoms with E-state index in [9.17, 15) is 9.59 Å². The third-order valence-corrected chi connectivity index (χ3v) is 8.87. The fourth-order valence-corrected chi connectivity index (χ4v) is 6.41. The monoisotopic (exact) mass is 663 g/mol. The van der Waals surface area contributed by atoms with Gasteiger partial charge in [-0.1, -0.05) is 57.0 Å². The van der Waals surface area contributed by atoms with Crippen LogP contribution >= 0.6 is 0 Å². The molecule has 0 radical (unpaired) electrons. The number of hydrogen-bond acceptors (Lipinski definition) is 11. The predicted octanol–water partition coefficient (Wildman–Crippen LogP) is 5.73. The van der Waals surface area contributed by atoms with Gasteiger partial charge in [-0.05, 0) is 65.9 Å². The number of nitrogens with zero attached hydrogens (tertiary/aromatic N) is 3. The molecule has 5 rings (SSSR count). The summed E-state index contributed by atoms with van der Waals surface area (Å²) in [7, 11) is 1.60. The molecule has 2 heterocycles. The molecule has 2 aliphatic rings. The van der Waals surface area contributed by atoms with Crippen LogP contribution in [0.25, 0.3) is 0 Å². The van der Waals surface area contributed by atoms with Crippen molar-refractivity contribution >= 4 is 11.9 Å². The average molecular weight is 664 g/mol. The van der Waals surface area contributed by atoms with Crippen LogP contribution in [0.4, 0.5) is 0 Å². The number of amides is 1. The summed E-state index contributed by atoms with van der Waals surface area (Å²) in [6.07, 6.45) is 3.81. The van der Waals surface area contributed by atoms with Crippen molar-refractivity contribution in [1.82, 2.24) is 15.2 Å². The molecule has 0 spiro atoms. The molecule has 48 heavy (non-hydrogen) atoms. The van der Waals surface area contributed by atoms with Crippen LogP contribution in [0, 0.1) is 5.92 Å². The van der Waals surface area contributed by atoms with Gasteiger partial charge in [0.15, 0.2) is 11.5 Å². The SMILES string of the molecule is CCCCN(CCCC)C(=O)CN1CC(c2ccc3c(c2)OCO3)[C@@H](C(=O)Oc2cccc(CON(O)O)c2)C1c1ccc(OC)cc1. The lowest BCUT2D eigenvalue weighted by atomic mass is 9.82. The smallest absolute Gasteiger partial charge is 0.316 e. The number of fused-ring (bicyclic) bond motifs is 1. The van der Waals surface area contributed by atoms with Gasteiger partial charge in [0.25, 0.3) is 0 Å². The van der Waals surface area contributed by atoms with Crippen LogP contribution < -0.4 is 18.9 Å². The van der Waals surface area contributed by atoms with Crippen LogP contribution in [-0.4, -0.2) is 77.6 Å². The maximum Gasteiger partial charge on any atom is 0.316 e. The Hall–Kier alpha value is -4.20. The average Bonchev–Trinajstić information content (AvgIpc) is 3.72. The molecule has 1 amide bonds. The Labute approximate surface area is 281 Å². The number of rotatable bonds is 16. The summed E-state index contributed by atoms with van der Waals surface area (Å²) in [5.74, 6) is 0.706. The van der Waals surface area contributed by atoms with E-state index in [1.165, 1.54) is 0 Å². The van der Waals surface area contributed by atoms with E-state index in [1.54, 1.807) is 31.4 Å². The Kier molecular flexibility index (Phi) is 12.3. The van der Waals surface area contributed by atoms with E-state index in [0.29, 0.717) is 42.4 Å². The number of methoxy groups -OCH3 is 1. The van der Waals surface area contributed by atoms with Crippen LogP contribution in [0.3, 0.4) is 0 Å². The van der Waals surface area contributed by atoms with Crippen molar-refractivity contribution in [3.8, 4) is 23.0 Å². The maximum atomic E-state index is 14.4. The Morgan fingerprint density at radius 2 is 1.60 bits per heavy atom. The zero-order valence-electron chi connectivity index (χ0n) is 27.7. The molecule has 0 aliphatic carbocycles. The molecule has 2 aliphatic heterocycles. The Balaban J connectivity index is 1.52. The summed E-state index contributed by atoms with van der Waals surface area (Å²) in [6.45, 7) is 6.15. The van der Waals surface area contributed by atoms with Crippen molar-refractivity contribution in [2.24, 2.45) is 5.92 Å². The van der Waals surface area contributed by atoms with Crippen LogP contribution in [0.2, 0.25) is 0 Å². The van der Waals surface area contributed by atoms with Crippen LogP contribution in [0.5, 0.6) is 23.0 Å². The van der Waals surface area contributed by atoms with Gasteiger partial charge in [-0.3, -0.25) is 24.9 Å². The molecule has 12 nitrogen and oxygen atoms in total. The Bertz CT molecular complexity index is 1510. The molecule has 12 heteroatoms. The number of carbonyl (C=O) groups is 2. The van der Waals surface area contributed by atoms with Gasteiger partial charge in [0, 0.05) is 31.6 Å². The lowest BCUT2D eigenvalue weighted by molar-refractivity contribution is -0.497. The highest BCUT2D eigenvalue weighted by molar-refractivity contribution is 5.80. The summed E-state index contributed by atoms with van der Waals surface area (Å²) < 4.78 is 22.7. The van der Waals surface area contributed by atoms with Gasteiger partial charge in [-0.15, -0.1) is 0 Å². The highest BCUT2D eigenvalue weighted by Gasteiger charge is 2.49. The lowest BCUT2D eigenvalue weighted by Crippen LogP contribution is -2.42. The largest absolute Gasteiger partial charge is 0.497 e. The van der Waals surface area contributed by atoms with E-state index >= 15 is 0 Å². The maximum absolute atomic E-state index is 14.4. The minimum absolute atomic E-state index is 0.0309. The second-order valence-corrected chi connectivity index (χ2v) is 12.1. The molecule has 1 saturated heterocycles. The van der Waals surface area contributed by atoms with E-state index in [-0.39, 0.29) is 42.9 Å². The summed E-state index contributed by atoms with van der Waals surface area (Å²) in [5, 5.41) is 17.6. The fraction of sp³-hybridized carbons (Fsp3) is 0.444. The molecule has 258 valence electrons. The number of hydrogen-bond donors (Lipinski definition) is 2. The van der Waals surface area contributed by atoms with E-state index in [1.807, 2.05) is 47.4 Å². The standard InChI is InChI=1S/C36H45N3O9/c1-4-6-17-37(18-7-5-2)33(40)22-38-21-30(27-13-16-31-32(20-27)46-24-45-31)34(35(38)26-11-14-28(44-3)15-12-26)36(41)48-29-10-8-9-25(19-29)23-47-39(42)43/h8-16,19-20,30,34-35,42-43H,4-7,17-18,21-24H2,1-3H3/t30?,34-,35?/m1/s1. The molecule has 0 saturated carbocycles. The van der Waals surface area contributed by atoms with Crippen LogP contribution in [0.15, 0.2) is 66.7 Å². The van der Waals surface area contributed by atoms with Gasteiger partial charge in [0.2, 0.25) is 12.7 Å². The quantitative estimate of drug-likeness (QED) is 0.111. The zero-order valence-corrected chi connectivity index (χ0v) is 27.7. The topological polar surface area (TPSA) is 130 Å². The van der Waals surface area contributed by atoms with Crippen molar-refractivity contribution in [3.63, 3.8) is 0 Å². The first-order valence-electron chi connectivity index (χ1n) is 16.5. The highest BCUT2D eigenvalue weighted by Crippen LogP contribution is 2.48. The molecular formula is C36H45N3O9. The normalized spacial score (nSPS) is 18.7. The summed E-state index contributed by atoms with van der Waals surface area (Å²) in [6, 6.07) is 19.5. The molecule has 3 aromatic carbocycles. The van der Waals surface area contributed by atoms with Gasteiger partial charge in [0.05, 0.1) is 31.6 Å². The molecule has 2 unspecified atom stereocenters. The second-order valence-electron chi connectivity index (χ2n) is 12.1. The van der Waals surface area contributed by atoms with E-state index in [4.69, 9.17) is 34.2 Å². The molecular weight excluding hydrogens is 618 g/mol. The van der Waals surface area contributed by atoms with Gasteiger partial charge in [-0.2, -0.15) is 0 Å². The van der Waals surface area contributed by atoms with Gasteiger partial charge in [-0.25, -0.2) is 4.84 Å². The van der Waals surface area contributed by atoms with Crippen LogP contribution in [0.1, 0.15) is 68.2 Å². The van der Waals surface area contributed by atoms with Crippen molar-refractivity contribution in [2.45, 2.75) is 58.1 Å². The van der Waals surface area contributed by atoms with Crippen molar-refractivity contribution in [1.29, 1.82) is 0 Å². The first-order chi connectivity index (χ1) is 23.3. The summed E-state index contributed by atoms with van der Waals surface area (Å²) >= 11 is 0. The minimum Gasteiger partial charge on any atom is -0.497 e. The molecule has 3 atom stereocenters. The molecule has 1 fully saturated rings. The Morgan fingerprint density at radius 1 is 0.896 bits per heavy atom. The van der Waals surface area contributed by atoms with Gasteiger partial charge < -0.3 is 23.8 Å². The number of ether oxygens (including phenoxy) is 4. The predicted molar refractivity (Wildman–Crippen MR) is 175 cm³/mol. The van der Waals surface area contributed by atoms with E-state index in [0.717, 1.165) is 36.8 Å². The number of likely N-dealkylation sites (tertiary alicyclic amines) is 1. The number of benzene rings is 3. The second kappa shape index (κ2) is 16.8. The number of unbranched alkanes of at least 4 members (excludes halogenated alkanes) is 2. The minimum atomic E-state index is -0.711. The van der Waals surface area contributed by atoms with Crippen molar-refractivity contribution < 1.29 is 43.8 Å². The van der Waals surface area contributed by atoms with Gasteiger partial charge in [0.1, 0.15) is 11.5 Å². The van der Waals surface area contributed by atoms with Crippen molar-refractivity contribution in [3.05, 3.63) is 83.4 Å². The number of esters is 1. The van der Waals surface area contributed by atoms with E-state index < -0.39 is 17.9 Å². The highest BCUT2D eigenvalue weighted by atomic mass is 17.1.